The van der Waals surface area contributed by atoms with Gasteiger partial charge in [-0.25, -0.2) is 4.79 Å². The predicted octanol–water partition coefficient (Wildman–Crippen LogP) is 3.76. The smallest absolute Gasteiger partial charge is 0.408 e. The highest BCUT2D eigenvalue weighted by molar-refractivity contribution is 6.31. The van der Waals surface area contributed by atoms with Gasteiger partial charge in [0.15, 0.2) is 5.58 Å². The molecular weight excluding hydrogens is 316 g/mol. The van der Waals surface area contributed by atoms with E-state index in [4.69, 9.17) is 16.0 Å². The quantitative estimate of drug-likeness (QED) is 0.795. The maximum atomic E-state index is 12.5. The van der Waals surface area contributed by atoms with Crippen LogP contribution in [0.5, 0.6) is 0 Å². The largest absolute Gasteiger partial charge is 0.420 e. The fraction of sp³-hybridized carbons (Fsp3) is 0.176. The van der Waals surface area contributed by atoms with Crippen LogP contribution in [0.15, 0.2) is 51.7 Å². The Morgan fingerprint density at radius 2 is 2.00 bits per heavy atom. The van der Waals surface area contributed by atoms with E-state index in [0.717, 1.165) is 5.56 Å². The van der Waals surface area contributed by atoms with E-state index in [-0.39, 0.29) is 5.91 Å². The van der Waals surface area contributed by atoms with Crippen molar-refractivity contribution in [3.63, 3.8) is 0 Å². The first-order valence-electron chi connectivity index (χ1n) is 7.14. The van der Waals surface area contributed by atoms with Gasteiger partial charge in [-0.2, -0.15) is 0 Å². The van der Waals surface area contributed by atoms with Crippen molar-refractivity contribution in [2.45, 2.75) is 19.9 Å². The first-order valence-corrected chi connectivity index (χ1v) is 7.52. The highest BCUT2D eigenvalue weighted by atomic mass is 35.5. The lowest BCUT2D eigenvalue weighted by atomic mass is 10.2. The third-order valence-electron chi connectivity index (χ3n) is 3.74. The second-order valence-electron chi connectivity index (χ2n) is 5.33. The molecule has 0 radical (unpaired) electrons. The van der Waals surface area contributed by atoms with Crippen LogP contribution in [0.3, 0.4) is 0 Å². The molecule has 0 spiro atoms. The third kappa shape index (κ3) is 2.87. The topological polar surface area (TPSA) is 64.2 Å². The molecule has 0 fully saturated rings. The standard InChI is InChI=1S/C17H15ClN2O3/c1-10-7-8-12(18)9-13(10)19-16(21)11(2)20-14-5-3-4-6-15(14)23-17(20)22/h3-9,11H,1-2H3,(H,19,21). The van der Waals surface area contributed by atoms with Crippen molar-refractivity contribution in [1.82, 2.24) is 4.57 Å². The zero-order valence-corrected chi connectivity index (χ0v) is 13.4. The van der Waals surface area contributed by atoms with E-state index in [1.165, 1.54) is 4.57 Å². The highest BCUT2D eigenvalue weighted by Crippen LogP contribution is 2.22. The van der Waals surface area contributed by atoms with E-state index in [2.05, 4.69) is 5.32 Å². The number of carbonyl (C=O) groups is 1. The molecule has 118 valence electrons. The number of rotatable bonds is 3. The number of carbonyl (C=O) groups excluding carboxylic acids is 1. The van der Waals surface area contributed by atoms with Gasteiger partial charge in [0.1, 0.15) is 6.04 Å². The second kappa shape index (κ2) is 5.93. The molecule has 0 aliphatic heterocycles. The van der Waals surface area contributed by atoms with Gasteiger partial charge in [-0.1, -0.05) is 29.8 Å². The van der Waals surface area contributed by atoms with Crippen LogP contribution < -0.4 is 11.1 Å². The molecule has 0 saturated heterocycles. The molecule has 1 atom stereocenters. The van der Waals surface area contributed by atoms with Crippen LogP contribution >= 0.6 is 11.6 Å². The Morgan fingerprint density at radius 1 is 1.26 bits per heavy atom. The molecule has 0 bridgehead atoms. The van der Waals surface area contributed by atoms with E-state index in [1.54, 1.807) is 43.3 Å². The van der Waals surface area contributed by atoms with Crippen LogP contribution in [0, 0.1) is 6.92 Å². The van der Waals surface area contributed by atoms with Gasteiger partial charge in [-0.05, 0) is 43.7 Å². The summed E-state index contributed by atoms with van der Waals surface area (Å²) < 4.78 is 6.51. The number of aromatic nitrogens is 1. The van der Waals surface area contributed by atoms with Crippen molar-refractivity contribution in [3.05, 3.63) is 63.6 Å². The van der Waals surface area contributed by atoms with E-state index < -0.39 is 11.8 Å². The van der Waals surface area contributed by atoms with Crippen LogP contribution in [-0.2, 0) is 4.79 Å². The molecule has 1 amide bonds. The number of nitrogens with one attached hydrogen (secondary N) is 1. The average molecular weight is 331 g/mol. The summed E-state index contributed by atoms with van der Waals surface area (Å²) in [4.78, 5) is 24.6. The number of oxazole rings is 1. The van der Waals surface area contributed by atoms with Crippen molar-refractivity contribution in [3.8, 4) is 0 Å². The summed E-state index contributed by atoms with van der Waals surface area (Å²) in [6.07, 6.45) is 0. The van der Waals surface area contributed by atoms with Gasteiger partial charge in [0.2, 0.25) is 5.91 Å². The van der Waals surface area contributed by atoms with E-state index >= 15 is 0 Å². The molecule has 23 heavy (non-hydrogen) atoms. The second-order valence-corrected chi connectivity index (χ2v) is 5.77. The summed E-state index contributed by atoms with van der Waals surface area (Å²) in [6, 6.07) is 11.5. The number of fused-ring (bicyclic) bond motifs is 1. The fourth-order valence-electron chi connectivity index (χ4n) is 2.43. The number of amides is 1. The van der Waals surface area contributed by atoms with Crippen molar-refractivity contribution in [2.24, 2.45) is 0 Å². The molecule has 0 aliphatic rings. The van der Waals surface area contributed by atoms with Gasteiger partial charge >= 0.3 is 5.76 Å². The van der Waals surface area contributed by atoms with Gasteiger partial charge in [0, 0.05) is 10.7 Å². The van der Waals surface area contributed by atoms with E-state index in [0.29, 0.717) is 21.8 Å². The van der Waals surface area contributed by atoms with Gasteiger partial charge in [0.25, 0.3) is 0 Å². The zero-order valence-electron chi connectivity index (χ0n) is 12.7. The fourth-order valence-corrected chi connectivity index (χ4v) is 2.61. The molecule has 2 aromatic carbocycles. The molecule has 3 rings (SSSR count). The molecular formula is C17H15ClN2O3. The number of anilines is 1. The SMILES string of the molecule is Cc1ccc(Cl)cc1NC(=O)C(C)n1c(=O)oc2ccccc21. The number of benzene rings is 2. The lowest BCUT2D eigenvalue weighted by molar-refractivity contribution is -0.118. The predicted molar refractivity (Wildman–Crippen MR) is 90.0 cm³/mol. The van der Waals surface area contributed by atoms with Gasteiger partial charge in [0.05, 0.1) is 5.52 Å². The van der Waals surface area contributed by atoms with E-state index in [9.17, 15) is 9.59 Å². The summed E-state index contributed by atoms with van der Waals surface area (Å²) in [5.74, 6) is -0.874. The summed E-state index contributed by atoms with van der Waals surface area (Å²) >= 11 is 5.96. The Morgan fingerprint density at radius 3 is 2.78 bits per heavy atom. The number of para-hydroxylation sites is 2. The van der Waals surface area contributed by atoms with Crippen LogP contribution in [-0.4, -0.2) is 10.5 Å². The molecule has 1 heterocycles. The minimum absolute atomic E-state index is 0.316. The minimum atomic E-state index is -0.718. The summed E-state index contributed by atoms with van der Waals surface area (Å²) in [6.45, 7) is 3.52. The number of hydrogen-bond acceptors (Lipinski definition) is 3. The number of nitrogens with zero attached hydrogens (tertiary/aromatic N) is 1. The Balaban J connectivity index is 1.94. The van der Waals surface area contributed by atoms with Crippen LogP contribution in [0.1, 0.15) is 18.5 Å². The first-order chi connectivity index (χ1) is 11.0. The summed E-state index contributed by atoms with van der Waals surface area (Å²) in [5.41, 5.74) is 2.55. The van der Waals surface area contributed by atoms with E-state index in [1.807, 2.05) is 13.0 Å². The van der Waals surface area contributed by atoms with Crippen molar-refractivity contribution < 1.29 is 9.21 Å². The Bertz CT molecular complexity index is 942. The Labute approximate surface area is 137 Å². The first kappa shape index (κ1) is 15.4. The van der Waals surface area contributed by atoms with Gasteiger partial charge < -0.3 is 9.73 Å². The summed E-state index contributed by atoms with van der Waals surface area (Å²) in [5, 5.41) is 3.34. The highest BCUT2D eigenvalue weighted by Gasteiger charge is 2.21. The molecule has 0 saturated carbocycles. The third-order valence-corrected chi connectivity index (χ3v) is 3.98. The number of hydrogen-bond donors (Lipinski definition) is 1. The maximum Gasteiger partial charge on any atom is 0.420 e. The van der Waals surface area contributed by atoms with Crippen LogP contribution in [0.25, 0.3) is 11.1 Å². The Hall–Kier alpha value is -2.53. The van der Waals surface area contributed by atoms with Gasteiger partial charge in [-0.3, -0.25) is 9.36 Å². The summed E-state index contributed by atoms with van der Waals surface area (Å²) in [7, 11) is 0. The van der Waals surface area contributed by atoms with Gasteiger partial charge in [-0.15, -0.1) is 0 Å². The molecule has 6 heteroatoms. The lowest BCUT2D eigenvalue weighted by Crippen LogP contribution is -2.29. The zero-order chi connectivity index (χ0) is 16.6. The molecule has 3 aromatic rings. The monoisotopic (exact) mass is 330 g/mol. The van der Waals surface area contributed by atoms with Crippen molar-refractivity contribution in [2.75, 3.05) is 5.32 Å². The van der Waals surface area contributed by atoms with Crippen molar-refractivity contribution >= 4 is 34.3 Å². The number of halogens is 1. The van der Waals surface area contributed by atoms with Crippen LogP contribution in [0.4, 0.5) is 5.69 Å². The molecule has 1 aromatic heterocycles. The van der Waals surface area contributed by atoms with Crippen molar-refractivity contribution in [1.29, 1.82) is 0 Å². The average Bonchev–Trinajstić information content (AvgIpc) is 2.86. The molecule has 1 N–H and O–H groups in total. The normalized spacial score (nSPS) is 12.3. The molecule has 5 nitrogen and oxygen atoms in total. The maximum absolute atomic E-state index is 12.5. The lowest BCUT2D eigenvalue weighted by Gasteiger charge is -2.14. The molecule has 1 unspecified atom stereocenters. The van der Waals surface area contributed by atoms with Crippen LogP contribution in [0.2, 0.25) is 5.02 Å². The minimum Gasteiger partial charge on any atom is -0.408 e. The Kier molecular flexibility index (Phi) is 3.96. The molecule has 0 aliphatic carbocycles. The number of aryl methyl sites for hydroxylation is 1.